The first kappa shape index (κ1) is 16.7. The summed E-state index contributed by atoms with van der Waals surface area (Å²) in [7, 11) is 0. The number of nitrogens with one attached hydrogen (secondary N) is 1. The lowest BCUT2D eigenvalue weighted by Crippen LogP contribution is -2.40. The molecule has 1 aromatic rings. The summed E-state index contributed by atoms with van der Waals surface area (Å²) in [6, 6.07) is 7.73. The Kier molecular flexibility index (Phi) is 6.73. The van der Waals surface area contributed by atoms with Crippen LogP contribution in [0.3, 0.4) is 0 Å². The van der Waals surface area contributed by atoms with Crippen molar-refractivity contribution in [2.75, 3.05) is 6.54 Å². The number of benzene rings is 1. The summed E-state index contributed by atoms with van der Waals surface area (Å²) in [4.78, 5) is 12.0. The molecule has 1 aromatic carbocycles. The van der Waals surface area contributed by atoms with Crippen molar-refractivity contribution in [2.45, 2.75) is 58.5 Å². The Hall–Kier alpha value is -1.35. The number of aryl methyl sites for hydroxylation is 1. The predicted octanol–water partition coefficient (Wildman–Crippen LogP) is 3.31. The molecular weight excluding hydrogens is 250 g/mol. The zero-order valence-electron chi connectivity index (χ0n) is 12.9. The molecule has 0 bridgehead atoms. The van der Waals surface area contributed by atoms with Crippen molar-refractivity contribution in [1.29, 1.82) is 0 Å². The van der Waals surface area contributed by atoms with Crippen molar-refractivity contribution in [3.63, 3.8) is 0 Å². The third kappa shape index (κ3) is 5.74. The summed E-state index contributed by atoms with van der Waals surface area (Å²) in [6.07, 6.45) is 4.99. The second-order valence-corrected chi connectivity index (χ2v) is 5.73. The number of carbonyl (C=O) groups is 1. The van der Waals surface area contributed by atoms with Gasteiger partial charge in [-0.3, -0.25) is 4.79 Å². The van der Waals surface area contributed by atoms with Crippen LogP contribution in [-0.2, 0) is 6.42 Å². The van der Waals surface area contributed by atoms with Gasteiger partial charge in [-0.1, -0.05) is 38.8 Å². The van der Waals surface area contributed by atoms with E-state index in [1.165, 1.54) is 18.4 Å². The lowest BCUT2D eigenvalue weighted by molar-refractivity contribution is 0.0469. The van der Waals surface area contributed by atoms with Crippen LogP contribution in [0, 0.1) is 0 Å². The van der Waals surface area contributed by atoms with E-state index in [9.17, 15) is 9.90 Å². The van der Waals surface area contributed by atoms with Gasteiger partial charge in [-0.25, -0.2) is 0 Å². The van der Waals surface area contributed by atoms with Crippen molar-refractivity contribution in [2.24, 2.45) is 0 Å². The van der Waals surface area contributed by atoms with Crippen LogP contribution in [0.2, 0.25) is 0 Å². The van der Waals surface area contributed by atoms with Gasteiger partial charge in [-0.2, -0.15) is 0 Å². The van der Waals surface area contributed by atoms with Crippen LogP contribution in [0.1, 0.15) is 62.4 Å². The SMILES string of the molecule is CCCCc1ccc(C(=O)NCC(C)(O)CCC)cc1. The molecule has 0 aliphatic heterocycles. The third-order valence-corrected chi connectivity index (χ3v) is 3.45. The normalized spacial score (nSPS) is 13.8. The first-order valence-electron chi connectivity index (χ1n) is 7.58. The number of hydrogen-bond donors (Lipinski definition) is 2. The van der Waals surface area contributed by atoms with Gasteiger partial charge in [0, 0.05) is 12.1 Å². The van der Waals surface area contributed by atoms with Crippen LogP contribution in [0.4, 0.5) is 0 Å². The van der Waals surface area contributed by atoms with Crippen LogP contribution >= 0.6 is 0 Å². The summed E-state index contributed by atoms with van der Waals surface area (Å²) in [5, 5.41) is 12.8. The molecule has 3 heteroatoms. The Bertz CT molecular complexity index is 410. The fourth-order valence-electron chi connectivity index (χ4n) is 2.20. The number of unbranched alkanes of at least 4 members (excludes halogenated alkanes) is 1. The van der Waals surface area contributed by atoms with Crippen molar-refractivity contribution in [3.8, 4) is 0 Å². The zero-order valence-corrected chi connectivity index (χ0v) is 12.9. The summed E-state index contributed by atoms with van der Waals surface area (Å²) < 4.78 is 0. The molecule has 0 aliphatic rings. The lowest BCUT2D eigenvalue weighted by Gasteiger charge is -2.22. The van der Waals surface area contributed by atoms with Crippen LogP contribution in [0.5, 0.6) is 0 Å². The van der Waals surface area contributed by atoms with E-state index >= 15 is 0 Å². The fraction of sp³-hybridized carbons (Fsp3) is 0.588. The lowest BCUT2D eigenvalue weighted by atomic mass is 10.0. The van der Waals surface area contributed by atoms with E-state index in [2.05, 4.69) is 12.2 Å². The van der Waals surface area contributed by atoms with Gasteiger partial charge in [-0.05, 0) is 43.9 Å². The van der Waals surface area contributed by atoms with E-state index in [0.29, 0.717) is 12.0 Å². The molecule has 0 aromatic heterocycles. The second-order valence-electron chi connectivity index (χ2n) is 5.73. The summed E-state index contributed by atoms with van der Waals surface area (Å²) in [5.74, 6) is -0.122. The Labute approximate surface area is 122 Å². The topological polar surface area (TPSA) is 49.3 Å². The molecule has 0 spiro atoms. The maximum absolute atomic E-state index is 12.0. The average Bonchev–Trinajstić information content (AvgIpc) is 2.43. The largest absolute Gasteiger partial charge is 0.388 e. The Balaban J connectivity index is 2.51. The maximum Gasteiger partial charge on any atom is 0.251 e. The summed E-state index contributed by atoms with van der Waals surface area (Å²) >= 11 is 0. The number of amides is 1. The molecule has 20 heavy (non-hydrogen) atoms. The molecule has 0 aliphatic carbocycles. The summed E-state index contributed by atoms with van der Waals surface area (Å²) in [5.41, 5.74) is 1.09. The van der Waals surface area contributed by atoms with E-state index in [0.717, 1.165) is 12.8 Å². The minimum atomic E-state index is -0.828. The van der Waals surface area contributed by atoms with E-state index in [-0.39, 0.29) is 12.5 Å². The van der Waals surface area contributed by atoms with Gasteiger partial charge in [0.15, 0.2) is 0 Å². The van der Waals surface area contributed by atoms with Crippen LogP contribution < -0.4 is 5.32 Å². The first-order valence-corrected chi connectivity index (χ1v) is 7.58. The van der Waals surface area contributed by atoms with E-state index in [1.54, 1.807) is 6.92 Å². The minimum absolute atomic E-state index is 0.122. The summed E-state index contributed by atoms with van der Waals surface area (Å²) in [6.45, 7) is 6.23. The number of rotatable bonds is 8. The van der Waals surface area contributed by atoms with Gasteiger partial charge in [-0.15, -0.1) is 0 Å². The maximum atomic E-state index is 12.0. The highest BCUT2D eigenvalue weighted by atomic mass is 16.3. The standard InChI is InChI=1S/C17H27NO2/c1-4-6-7-14-8-10-15(11-9-14)16(19)18-13-17(3,20)12-5-2/h8-11,20H,4-7,12-13H2,1-3H3,(H,18,19). The molecule has 2 N–H and O–H groups in total. The second kappa shape index (κ2) is 8.05. The van der Waals surface area contributed by atoms with Crippen molar-refractivity contribution in [1.82, 2.24) is 5.32 Å². The van der Waals surface area contributed by atoms with Crippen molar-refractivity contribution in [3.05, 3.63) is 35.4 Å². The van der Waals surface area contributed by atoms with E-state index < -0.39 is 5.60 Å². The third-order valence-electron chi connectivity index (χ3n) is 3.45. The van der Waals surface area contributed by atoms with E-state index in [1.807, 2.05) is 31.2 Å². The highest BCUT2D eigenvalue weighted by Crippen LogP contribution is 2.11. The van der Waals surface area contributed by atoms with Gasteiger partial charge in [0.2, 0.25) is 0 Å². The molecule has 0 radical (unpaired) electrons. The molecule has 1 atom stereocenters. The van der Waals surface area contributed by atoms with Crippen molar-refractivity contribution >= 4 is 5.91 Å². The van der Waals surface area contributed by atoms with Crippen molar-refractivity contribution < 1.29 is 9.90 Å². The predicted molar refractivity (Wildman–Crippen MR) is 82.9 cm³/mol. The molecule has 1 amide bonds. The van der Waals surface area contributed by atoms with Gasteiger partial charge >= 0.3 is 0 Å². The van der Waals surface area contributed by atoms with Gasteiger partial charge in [0.25, 0.3) is 5.91 Å². The fourth-order valence-corrected chi connectivity index (χ4v) is 2.20. The van der Waals surface area contributed by atoms with Gasteiger partial charge in [0.1, 0.15) is 0 Å². The van der Waals surface area contributed by atoms with E-state index in [4.69, 9.17) is 0 Å². The number of aliphatic hydroxyl groups is 1. The molecule has 1 unspecified atom stereocenters. The number of carbonyl (C=O) groups excluding carboxylic acids is 1. The molecule has 1 rings (SSSR count). The molecule has 112 valence electrons. The average molecular weight is 277 g/mol. The van der Waals surface area contributed by atoms with Crippen LogP contribution in [-0.4, -0.2) is 23.2 Å². The van der Waals surface area contributed by atoms with Gasteiger partial charge in [0.05, 0.1) is 5.60 Å². The monoisotopic (exact) mass is 277 g/mol. The van der Waals surface area contributed by atoms with Crippen LogP contribution in [0.25, 0.3) is 0 Å². The van der Waals surface area contributed by atoms with Crippen LogP contribution in [0.15, 0.2) is 24.3 Å². The molecular formula is C17H27NO2. The first-order chi connectivity index (χ1) is 9.48. The Morgan fingerprint density at radius 2 is 1.85 bits per heavy atom. The quantitative estimate of drug-likeness (QED) is 0.766. The van der Waals surface area contributed by atoms with Gasteiger partial charge < -0.3 is 10.4 Å². The molecule has 0 saturated carbocycles. The zero-order chi connectivity index (χ0) is 15.0. The molecule has 0 heterocycles. The molecule has 0 fully saturated rings. The highest BCUT2D eigenvalue weighted by molar-refractivity contribution is 5.94. The number of hydrogen-bond acceptors (Lipinski definition) is 2. The Morgan fingerprint density at radius 3 is 2.40 bits per heavy atom. The molecule has 0 saturated heterocycles. The Morgan fingerprint density at radius 1 is 1.20 bits per heavy atom. The highest BCUT2D eigenvalue weighted by Gasteiger charge is 2.20. The molecule has 3 nitrogen and oxygen atoms in total. The smallest absolute Gasteiger partial charge is 0.251 e. The minimum Gasteiger partial charge on any atom is -0.388 e.